The topological polar surface area (TPSA) is 52.0 Å². The van der Waals surface area contributed by atoms with E-state index in [2.05, 4.69) is 13.0 Å². The van der Waals surface area contributed by atoms with Gasteiger partial charge in [-0.2, -0.15) is 0 Å². The second-order valence-corrected chi connectivity index (χ2v) is 4.18. The zero-order valence-corrected chi connectivity index (χ0v) is 9.66. The molecule has 0 aromatic heterocycles. The van der Waals surface area contributed by atoms with E-state index in [9.17, 15) is 0 Å². The Morgan fingerprint density at radius 1 is 1.12 bits per heavy atom. The van der Waals surface area contributed by atoms with Crippen LogP contribution in [0.25, 0.3) is 10.8 Å². The lowest BCUT2D eigenvalue weighted by atomic mass is 9.98. The molecule has 0 saturated heterocycles. The molecule has 0 bridgehead atoms. The van der Waals surface area contributed by atoms with Crippen LogP contribution in [0.3, 0.4) is 0 Å². The van der Waals surface area contributed by atoms with Gasteiger partial charge >= 0.3 is 0 Å². The molecule has 0 fully saturated rings. The lowest BCUT2D eigenvalue weighted by Crippen LogP contribution is -2.01. The Labute approximate surface area is 96.3 Å². The summed E-state index contributed by atoms with van der Waals surface area (Å²) in [6.07, 6.45) is 3.26. The number of hydrogen-bond acceptors (Lipinski definition) is 2. The van der Waals surface area contributed by atoms with Crippen molar-refractivity contribution in [2.45, 2.75) is 26.2 Å². The highest BCUT2D eigenvalue weighted by Gasteiger charge is 2.08. The van der Waals surface area contributed by atoms with Gasteiger partial charge in [0.2, 0.25) is 0 Å². The van der Waals surface area contributed by atoms with Gasteiger partial charge in [-0.25, -0.2) is 0 Å². The Kier molecular flexibility index (Phi) is 3.00. The van der Waals surface area contributed by atoms with Crippen LogP contribution in [-0.4, -0.2) is 0 Å². The highest BCUT2D eigenvalue weighted by Crippen LogP contribution is 2.30. The summed E-state index contributed by atoms with van der Waals surface area (Å²) in [7, 11) is 0. The molecule has 2 aromatic rings. The van der Waals surface area contributed by atoms with Gasteiger partial charge < -0.3 is 11.5 Å². The van der Waals surface area contributed by atoms with Gasteiger partial charge in [-0.15, -0.1) is 0 Å². The van der Waals surface area contributed by atoms with E-state index in [1.54, 1.807) is 0 Å². The lowest BCUT2D eigenvalue weighted by molar-refractivity contribution is 0.798. The van der Waals surface area contributed by atoms with Gasteiger partial charge in [0.05, 0.1) is 0 Å². The molecule has 0 amide bonds. The van der Waals surface area contributed by atoms with E-state index in [0.29, 0.717) is 0 Å². The van der Waals surface area contributed by atoms with Crippen molar-refractivity contribution in [3.8, 4) is 0 Å². The smallest absolute Gasteiger partial charge is 0.0446 e. The lowest BCUT2D eigenvalue weighted by Gasteiger charge is -2.12. The van der Waals surface area contributed by atoms with Gasteiger partial charge in [0.25, 0.3) is 0 Å². The number of hydrogen-bond donors (Lipinski definition) is 2. The molecule has 0 aliphatic heterocycles. The standard InChI is InChI=1S/C14H18N2/c1-2-3-7-12-13(15)9-10-6-4-5-8-11(10)14(12)16/h4-6,8-9H,2-3,7,15-16H2,1H3. The first-order chi connectivity index (χ1) is 7.74. The minimum Gasteiger partial charge on any atom is -0.398 e. The molecule has 2 nitrogen and oxygen atoms in total. The van der Waals surface area contributed by atoms with Gasteiger partial charge in [-0.3, -0.25) is 0 Å². The molecule has 0 atom stereocenters. The Balaban J connectivity index is 2.56. The number of unbranched alkanes of at least 4 members (excludes halogenated alkanes) is 1. The zero-order valence-electron chi connectivity index (χ0n) is 9.66. The average molecular weight is 214 g/mol. The fraction of sp³-hybridized carbons (Fsp3) is 0.286. The van der Waals surface area contributed by atoms with Crippen LogP contribution in [0.15, 0.2) is 30.3 Å². The molecule has 0 aliphatic rings. The van der Waals surface area contributed by atoms with Crippen molar-refractivity contribution < 1.29 is 0 Å². The second-order valence-electron chi connectivity index (χ2n) is 4.18. The first-order valence-electron chi connectivity index (χ1n) is 5.79. The van der Waals surface area contributed by atoms with E-state index in [1.165, 1.54) is 0 Å². The molecule has 16 heavy (non-hydrogen) atoms. The monoisotopic (exact) mass is 214 g/mol. The largest absolute Gasteiger partial charge is 0.398 e. The van der Waals surface area contributed by atoms with Gasteiger partial charge in [0.1, 0.15) is 0 Å². The van der Waals surface area contributed by atoms with E-state index in [-0.39, 0.29) is 0 Å². The van der Waals surface area contributed by atoms with E-state index >= 15 is 0 Å². The van der Waals surface area contributed by atoms with Crippen LogP contribution < -0.4 is 11.5 Å². The number of nitrogens with two attached hydrogens (primary N) is 2. The van der Waals surface area contributed by atoms with Crippen molar-refractivity contribution >= 4 is 22.1 Å². The molecule has 84 valence electrons. The predicted molar refractivity (Wildman–Crippen MR) is 71.4 cm³/mol. The molecule has 2 aromatic carbocycles. The molecule has 0 heterocycles. The van der Waals surface area contributed by atoms with Crippen LogP contribution in [0.5, 0.6) is 0 Å². The van der Waals surface area contributed by atoms with E-state index < -0.39 is 0 Å². The first-order valence-corrected chi connectivity index (χ1v) is 5.79. The number of fused-ring (bicyclic) bond motifs is 1. The zero-order chi connectivity index (χ0) is 11.5. The van der Waals surface area contributed by atoms with Gasteiger partial charge in [0, 0.05) is 16.8 Å². The van der Waals surface area contributed by atoms with Crippen molar-refractivity contribution in [2.75, 3.05) is 11.5 Å². The van der Waals surface area contributed by atoms with Crippen LogP contribution in [0.2, 0.25) is 0 Å². The minimum absolute atomic E-state index is 0.824. The summed E-state index contributed by atoms with van der Waals surface area (Å²) >= 11 is 0. The van der Waals surface area contributed by atoms with E-state index in [1.807, 2.05) is 24.3 Å². The molecule has 2 rings (SSSR count). The van der Waals surface area contributed by atoms with Crippen LogP contribution in [0.4, 0.5) is 11.4 Å². The van der Waals surface area contributed by atoms with Crippen LogP contribution >= 0.6 is 0 Å². The number of nitrogen functional groups attached to an aromatic ring is 2. The highest BCUT2D eigenvalue weighted by atomic mass is 14.6. The van der Waals surface area contributed by atoms with Gasteiger partial charge in [0.15, 0.2) is 0 Å². The van der Waals surface area contributed by atoms with Gasteiger partial charge in [-0.1, -0.05) is 37.6 Å². The van der Waals surface area contributed by atoms with Crippen molar-refractivity contribution in [3.63, 3.8) is 0 Å². The second kappa shape index (κ2) is 4.44. The summed E-state index contributed by atoms with van der Waals surface area (Å²) in [6.45, 7) is 2.17. The third kappa shape index (κ3) is 1.83. The summed E-state index contributed by atoms with van der Waals surface area (Å²) < 4.78 is 0. The Morgan fingerprint density at radius 2 is 1.88 bits per heavy atom. The molecule has 0 aliphatic carbocycles. The molecule has 4 N–H and O–H groups in total. The third-order valence-corrected chi connectivity index (χ3v) is 3.02. The fourth-order valence-corrected chi connectivity index (χ4v) is 2.07. The van der Waals surface area contributed by atoms with Crippen molar-refractivity contribution in [2.24, 2.45) is 0 Å². The molecular formula is C14H18N2. The number of rotatable bonds is 3. The fourth-order valence-electron chi connectivity index (χ4n) is 2.07. The highest BCUT2D eigenvalue weighted by molar-refractivity contribution is 5.97. The number of anilines is 2. The summed E-state index contributed by atoms with van der Waals surface area (Å²) in [6, 6.07) is 10.1. The van der Waals surface area contributed by atoms with Crippen LogP contribution in [0, 0.1) is 0 Å². The summed E-state index contributed by atoms with van der Waals surface area (Å²) in [5, 5.41) is 2.24. The molecule has 0 spiro atoms. The first kappa shape index (κ1) is 10.8. The molecule has 2 heteroatoms. The summed E-state index contributed by atoms with van der Waals surface area (Å²) in [5.41, 5.74) is 15.0. The summed E-state index contributed by atoms with van der Waals surface area (Å²) in [5.74, 6) is 0. The maximum Gasteiger partial charge on any atom is 0.0446 e. The molecular weight excluding hydrogens is 196 g/mol. The maximum absolute atomic E-state index is 6.18. The van der Waals surface area contributed by atoms with E-state index in [0.717, 1.165) is 47.0 Å². The number of benzene rings is 2. The molecule has 0 saturated carbocycles. The normalized spacial score (nSPS) is 10.8. The Bertz CT molecular complexity index is 503. The Morgan fingerprint density at radius 3 is 2.62 bits per heavy atom. The molecule has 0 unspecified atom stereocenters. The average Bonchev–Trinajstić information content (AvgIpc) is 2.29. The van der Waals surface area contributed by atoms with Crippen LogP contribution in [-0.2, 0) is 6.42 Å². The van der Waals surface area contributed by atoms with E-state index in [4.69, 9.17) is 11.5 Å². The van der Waals surface area contributed by atoms with Gasteiger partial charge in [-0.05, 0) is 29.9 Å². The van der Waals surface area contributed by atoms with Crippen molar-refractivity contribution in [3.05, 3.63) is 35.9 Å². The van der Waals surface area contributed by atoms with Crippen molar-refractivity contribution in [1.29, 1.82) is 0 Å². The third-order valence-electron chi connectivity index (χ3n) is 3.02. The maximum atomic E-state index is 6.18. The SMILES string of the molecule is CCCCc1c(N)cc2ccccc2c1N. The minimum atomic E-state index is 0.824. The Hall–Kier alpha value is -1.70. The predicted octanol–water partition coefficient (Wildman–Crippen LogP) is 3.35. The quantitative estimate of drug-likeness (QED) is 0.770. The molecule has 0 radical (unpaired) electrons. The summed E-state index contributed by atoms with van der Waals surface area (Å²) in [4.78, 5) is 0. The van der Waals surface area contributed by atoms with Crippen molar-refractivity contribution in [1.82, 2.24) is 0 Å². The van der Waals surface area contributed by atoms with Crippen LogP contribution in [0.1, 0.15) is 25.3 Å².